The monoisotopic (exact) mass is 451 g/mol. The number of methoxy groups -OCH3 is 1. The first-order chi connectivity index (χ1) is 15.4. The Morgan fingerprint density at radius 3 is 2.62 bits per heavy atom. The fourth-order valence-electron chi connectivity index (χ4n) is 3.23. The highest BCUT2D eigenvalue weighted by atomic mass is 32.2. The van der Waals surface area contributed by atoms with Gasteiger partial charge in [-0.25, -0.2) is 9.67 Å². The molecule has 2 aromatic carbocycles. The van der Waals surface area contributed by atoms with Crippen LogP contribution < -0.4 is 10.3 Å². The number of ether oxygens (including phenoxy) is 1. The van der Waals surface area contributed by atoms with E-state index in [-0.39, 0.29) is 28.7 Å². The largest absolute Gasteiger partial charge is 0.504 e. The van der Waals surface area contributed by atoms with Crippen molar-refractivity contribution in [3.8, 4) is 17.2 Å². The Morgan fingerprint density at radius 1 is 1.16 bits per heavy atom. The van der Waals surface area contributed by atoms with Crippen molar-refractivity contribution in [2.45, 2.75) is 6.92 Å². The summed E-state index contributed by atoms with van der Waals surface area (Å²) in [6.07, 6.45) is 1.47. The van der Waals surface area contributed by atoms with Crippen LogP contribution in [0.15, 0.2) is 63.4 Å². The molecule has 0 spiro atoms. The van der Waals surface area contributed by atoms with Crippen LogP contribution >= 0.6 is 11.8 Å². The zero-order chi connectivity index (χ0) is 22.8. The SMILES string of the molecule is COc1cc(C=NN2C(=O)CSC2=Nc2c(C)n(C)n(-c3ccccc3)c2=O)ccc1O. The minimum atomic E-state index is -0.282. The molecule has 3 aromatic rings. The summed E-state index contributed by atoms with van der Waals surface area (Å²) in [7, 11) is 3.24. The molecule has 0 radical (unpaired) electrons. The second-order valence-corrected chi connectivity index (χ2v) is 7.92. The fraction of sp³-hybridized carbons (Fsp3) is 0.182. The normalized spacial score (nSPS) is 15.3. The average Bonchev–Trinajstić information content (AvgIpc) is 3.25. The molecule has 0 unspecified atom stereocenters. The first kappa shape index (κ1) is 21.4. The number of amides is 1. The molecular weight excluding hydrogens is 430 g/mol. The van der Waals surface area contributed by atoms with Crippen molar-refractivity contribution in [1.82, 2.24) is 14.4 Å². The number of thioether (sulfide) groups is 1. The van der Waals surface area contributed by atoms with Crippen molar-refractivity contribution in [3.05, 3.63) is 70.1 Å². The molecule has 1 saturated heterocycles. The third-order valence-electron chi connectivity index (χ3n) is 5.00. The molecule has 0 bridgehead atoms. The number of nitrogens with zero attached hydrogens (tertiary/aromatic N) is 5. The van der Waals surface area contributed by atoms with Crippen molar-refractivity contribution in [1.29, 1.82) is 0 Å². The maximum atomic E-state index is 13.1. The third kappa shape index (κ3) is 3.92. The van der Waals surface area contributed by atoms with Gasteiger partial charge in [0.15, 0.2) is 22.4 Å². The van der Waals surface area contributed by atoms with E-state index in [1.807, 2.05) is 30.3 Å². The van der Waals surface area contributed by atoms with Crippen LogP contribution in [0.1, 0.15) is 11.3 Å². The van der Waals surface area contributed by atoms with Crippen molar-refractivity contribution in [2.24, 2.45) is 17.1 Å². The zero-order valence-corrected chi connectivity index (χ0v) is 18.5. The average molecular weight is 452 g/mol. The number of aromatic hydroxyl groups is 1. The number of para-hydroxylation sites is 1. The van der Waals surface area contributed by atoms with Gasteiger partial charge in [0.1, 0.15) is 0 Å². The Bertz CT molecular complexity index is 1290. The van der Waals surface area contributed by atoms with Crippen molar-refractivity contribution in [3.63, 3.8) is 0 Å². The van der Waals surface area contributed by atoms with Crippen LogP contribution in [-0.4, -0.2) is 49.6 Å². The predicted octanol–water partition coefficient (Wildman–Crippen LogP) is 2.80. The van der Waals surface area contributed by atoms with Gasteiger partial charge < -0.3 is 9.84 Å². The van der Waals surface area contributed by atoms with E-state index in [1.165, 1.54) is 40.8 Å². The quantitative estimate of drug-likeness (QED) is 0.601. The smallest absolute Gasteiger partial charge is 0.297 e. The highest BCUT2D eigenvalue weighted by Crippen LogP contribution is 2.27. The van der Waals surface area contributed by atoms with Gasteiger partial charge in [-0.3, -0.25) is 14.3 Å². The van der Waals surface area contributed by atoms with Gasteiger partial charge in [-0.05, 0) is 42.8 Å². The van der Waals surface area contributed by atoms with Crippen molar-refractivity contribution >= 4 is 34.7 Å². The molecule has 1 aliphatic heterocycles. The van der Waals surface area contributed by atoms with E-state index in [9.17, 15) is 14.7 Å². The lowest BCUT2D eigenvalue weighted by molar-refractivity contribution is -0.124. The Balaban J connectivity index is 1.70. The third-order valence-corrected chi connectivity index (χ3v) is 5.91. The molecule has 1 amide bonds. The maximum absolute atomic E-state index is 13.1. The highest BCUT2D eigenvalue weighted by molar-refractivity contribution is 8.15. The summed E-state index contributed by atoms with van der Waals surface area (Å²) < 4.78 is 8.36. The van der Waals surface area contributed by atoms with Gasteiger partial charge in [0, 0.05) is 7.05 Å². The second-order valence-electron chi connectivity index (χ2n) is 6.97. The molecule has 1 N–H and O–H groups in total. The van der Waals surface area contributed by atoms with E-state index in [1.54, 1.807) is 30.8 Å². The van der Waals surface area contributed by atoms with Crippen LogP contribution in [0.25, 0.3) is 5.69 Å². The number of phenolic OH excluding ortho intramolecular Hbond substituents is 1. The number of hydrogen-bond donors (Lipinski definition) is 1. The molecule has 0 aliphatic carbocycles. The van der Waals surface area contributed by atoms with E-state index >= 15 is 0 Å². The zero-order valence-electron chi connectivity index (χ0n) is 17.7. The molecule has 1 aromatic heterocycles. The molecule has 1 fully saturated rings. The second kappa shape index (κ2) is 8.75. The number of phenols is 1. The number of amidine groups is 1. The summed E-state index contributed by atoms with van der Waals surface area (Å²) >= 11 is 1.22. The number of hydrogen-bond acceptors (Lipinski definition) is 7. The molecule has 10 heteroatoms. The molecule has 0 atom stereocenters. The first-order valence-corrected chi connectivity index (χ1v) is 10.7. The number of hydrazone groups is 1. The standard InChI is InChI=1S/C22H21N5O4S/c1-14-20(21(30)27(25(14)2)16-7-5-4-6-8-16)24-22-26(19(29)13-32-22)23-12-15-9-10-17(28)18(11-15)31-3/h4-12,28H,13H2,1-3H3. The van der Waals surface area contributed by atoms with Crippen LogP contribution in [0, 0.1) is 6.92 Å². The minimum Gasteiger partial charge on any atom is -0.504 e. The van der Waals surface area contributed by atoms with Crippen molar-refractivity contribution < 1.29 is 14.6 Å². The van der Waals surface area contributed by atoms with Gasteiger partial charge in [-0.15, -0.1) is 0 Å². The predicted molar refractivity (Wildman–Crippen MR) is 124 cm³/mol. The van der Waals surface area contributed by atoms with Gasteiger partial charge in [0.25, 0.3) is 11.5 Å². The van der Waals surface area contributed by atoms with Gasteiger partial charge >= 0.3 is 0 Å². The van der Waals surface area contributed by atoms with Crippen LogP contribution in [0.2, 0.25) is 0 Å². The van der Waals surface area contributed by atoms with Gasteiger partial charge in [-0.2, -0.15) is 10.1 Å². The summed E-state index contributed by atoms with van der Waals surface area (Å²) in [4.78, 5) is 30.0. The lowest BCUT2D eigenvalue weighted by Crippen LogP contribution is -2.24. The number of benzene rings is 2. The van der Waals surface area contributed by atoms with Gasteiger partial charge in [0.05, 0.1) is 30.5 Å². The minimum absolute atomic E-state index is 0.00829. The summed E-state index contributed by atoms with van der Waals surface area (Å²) in [5.41, 5.74) is 1.99. The van der Waals surface area contributed by atoms with Crippen LogP contribution in [0.4, 0.5) is 5.69 Å². The number of carbonyl (C=O) groups excluding carboxylic acids is 1. The number of carbonyl (C=O) groups is 1. The van der Waals surface area contributed by atoms with Gasteiger partial charge in [0.2, 0.25) is 0 Å². The number of rotatable bonds is 5. The topological polar surface area (TPSA) is 101 Å². The molecule has 1 aliphatic rings. The Hall–Kier alpha value is -3.79. The molecule has 4 rings (SSSR count). The molecule has 32 heavy (non-hydrogen) atoms. The highest BCUT2D eigenvalue weighted by Gasteiger charge is 2.29. The fourth-order valence-corrected chi connectivity index (χ4v) is 4.03. The van der Waals surface area contributed by atoms with E-state index in [2.05, 4.69) is 10.1 Å². The van der Waals surface area contributed by atoms with E-state index < -0.39 is 0 Å². The summed E-state index contributed by atoms with van der Waals surface area (Å²) in [5, 5.41) is 15.5. The van der Waals surface area contributed by atoms with E-state index in [0.717, 1.165) is 5.69 Å². The molecule has 2 heterocycles. The molecular formula is C22H21N5O4S. The lowest BCUT2D eigenvalue weighted by atomic mass is 10.2. The van der Waals surface area contributed by atoms with Crippen molar-refractivity contribution in [2.75, 3.05) is 12.9 Å². The summed E-state index contributed by atoms with van der Waals surface area (Å²) in [6, 6.07) is 14.0. The Kier molecular flexibility index (Phi) is 5.87. The lowest BCUT2D eigenvalue weighted by Gasteiger charge is -2.09. The van der Waals surface area contributed by atoms with Crippen LogP contribution in [0.5, 0.6) is 11.5 Å². The van der Waals surface area contributed by atoms with Gasteiger partial charge in [-0.1, -0.05) is 30.0 Å². The Morgan fingerprint density at radius 2 is 1.91 bits per heavy atom. The Labute approximate surface area is 188 Å². The van der Waals surface area contributed by atoms with Crippen LogP contribution in [-0.2, 0) is 11.8 Å². The number of aromatic nitrogens is 2. The molecule has 9 nitrogen and oxygen atoms in total. The summed E-state index contributed by atoms with van der Waals surface area (Å²) in [6.45, 7) is 1.80. The van der Waals surface area contributed by atoms with E-state index in [4.69, 9.17) is 4.74 Å². The maximum Gasteiger partial charge on any atom is 0.297 e. The molecule has 164 valence electrons. The number of aliphatic imine (C=N–C) groups is 1. The molecule has 0 saturated carbocycles. The summed E-state index contributed by atoms with van der Waals surface area (Å²) in [5.74, 6) is 0.237. The first-order valence-electron chi connectivity index (χ1n) is 9.70. The van der Waals surface area contributed by atoms with E-state index in [0.29, 0.717) is 22.2 Å². The van der Waals surface area contributed by atoms with Crippen LogP contribution in [0.3, 0.4) is 0 Å².